The van der Waals surface area contributed by atoms with Gasteiger partial charge in [-0.15, -0.1) is 11.3 Å². The number of aldehydes is 1. The summed E-state index contributed by atoms with van der Waals surface area (Å²) in [6, 6.07) is 11.9. The van der Waals surface area contributed by atoms with E-state index in [2.05, 4.69) is 4.98 Å². The fourth-order valence-corrected chi connectivity index (χ4v) is 3.00. The maximum atomic E-state index is 13.3. The monoisotopic (exact) mass is 301 g/mol. The van der Waals surface area contributed by atoms with Crippen LogP contribution < -0.4 is 0 Å². The van der Waals surface area contributed by atoms with Crippen molar-refractivity contribution in [3.63, 3.8) is 0 Å². The summed E-state index contributed by atoms with van der Waals surface area (Å²) in [4.78, 5) is 16.0. The van der Waals surface area contributed by atoms with Crippen LogP contribution in [0.4, 0.5) is 8.78 Å². The van der Waals surface area contributed by atoms with Gasteiger partial charge < -0.3 is 0 Å². The number of benzene rings is 2. The van der Waals surface area contributed by atoms with E-state index in [0.29, 0.717) is 27.3 Å². The topological polar surface area (TPSA) is 30.0 Å². The van der Waals surface area contributed by atoms with E-state index in [4.69, 9.17) is 0 Å². The molecule has 0 saturated heterocycles. The van der Waals surface area contributed by atoms with E-state index in [9.17, 15) is 13.6 Å². The van der Waals surface area contributed by atoms with E-state index in [1.165, 1.54) is 35.6 Å². The highest BCUT2D eigenvalue weighted by molar-refractivity contribution is 7.18. The Hall–Kier alpha value is -2.40. The first kappa shape index (κ1) is 13.6. The molecule has 0 spiro atoms. The number of halogens is 2. The second-order valence-corrected chi connectivity index (χ2v) is 5.37. The van der Waals surface area contributed by atoms with Crippen LogP contribution in [0.15, 0.2) is 48.5 Å². The van der Waals surface area contributed by atoms with Crippen molar-refractivity contribution in [3.05, 3.63) is 65.9 Å². The highest BCUT2D eigenvalue weighted by Crippen LogP contribution is 2.35. The molecule has 0 amide bonds. The zero-order valence-corrected chi connectivity index (χ0v) is 11.5. The summed E-state index contributed by atoms with van der Waals surface area (Å²) in [7, 11) is 0. The smallest absolute Gasteiger partial charge is 0.169 e. The molecule has 0 radical (unpaired) electrons. The first-order chi connectivity index (χ1) is 10.2. The minimum atomic E-state index is -0.362. The number of rotatable bonds is 3. The first-order valence-corrected chi connectivity index (χ1v) is 6.97. The molecule has 3 rings (SSSR count). The second-order valence-electron chi connectivity index (χ2n) is 4.37. The summed E-state index contributed by atoms with van der Waals surface area (Å²) >= 11 is 1.27. The molecule has 104 valence electrons. The van der Waals surface area contributed by atoms with E-state index < -0.39 is 0 Å². The van der Waals surface area contributed by atoms with Crippen LogP contribution in [0.1, 0.15) is 10.5 Å². The Morgan fingerprint density at radius 1 is 0.952 bits per heavy atom. The number of carbonyl (C=O) groups is 1. The Labute approximate surface area is 123 Å². The highest BCUT2D eigenvalue weighted by Gasteiger charge is 2.14. The minimum absolute atomic E-state index is 0.269. The Kier molecular flexibility index (Phi) is 3.58. The summed E-state index contributed by atoms with van der Waals surface area (Å²) in [6.45, 7) is 0. The van der Waals surface area contributed by atoms with E-state index in [0.717, 1.165) is 0 Å². The molecule has 1 heterocycles. The lowest BCUT2D eigenvalue weighted by molar-refractivity contribution is 0.112. The Morgan fingerprint density at radius 3 is 2.38 bits per heavy atom. The number of thiazole rings is 1. The average molecular weight is 301 g/mol. The van der Waals surface area contributed by atoms with Crippen molar-refractivity contribution in [2.24, 2.45) is 0 Å². The third-order valence-electron chi connectivity index (χ3n) is 2.94. The molecule has 0 bridgehead atoms. The van der Waals surface area contributed by atoms with Gasteiger partial charge in [0.2, 0.25) is 0 Å². The van der Waals surface area contributed by atoms with Gasteiger partial charge in [0.05, 0.1) is 4.88 Å². The summed E-state index contributed by atoms with van der Waals surface area (Å²) in [5.41, 5.74) is 1.58. The Bertz CT molecular complexity index is 796. The zero-order chi connectivity index (χ0) is 14.8. The van der Waals surface area contributed by atoms with Crippen LogP contribution in [0, 0.1) is 11.6 Å². The fraction of sp³-hybridized carbons (Fsp3) is 0. The molecule has 3 aromatic rings. The van der Waals surface area contributed by atoms with Crippen LogP contribution in [0.3, 0.4) is 0 Å². The lowest BCUT2D eigenvalue weighted by Crippen LogP contribution is -1.85. The third-order valence-corrected chi connectivity index (χ3v) is 4.11. The highest BCUT2D eigenvalue weighted by atomic mass is 32.1. The van der Waals surface area contributed by atoms with Gasteiger partial charge in [0, 0.05) is 5.56 Å². The Balaban J connectivity index is 2.10. The van der Waals surface area contributed by atoms with Gasteiger partial charge in [-0.3, -0.25) is 4.79 Å². The maximum Gasteiger partial charge on any atom is 0.169 e. The quantitative estimate of drug-likeness (QED) is 0.663. The van der Waals surface area contributed by atoms with E-state index in [1.54, 1.807) is 24.3 Å². The molecule has 2 aromatic carbocycles. The van der Waals surface area contributed by atoms with Gasteiger partial charge in [-0.25, -0.2) is 13.8 Å². The van der Waals surface area contributed by atoms with Crippen LogP contribution in [0.5, 0.6) is 0 Å². The fourth-order valence-electron chi connectivity index (χ4n) is 1.96. The molecule has 1 aromatic heterocycles. The molecule has 2 nitrogen and oxygen atoms in total. The van der Waals surface area contributed by atoms with Crippen molar-refractivity contribution in [2.45, 2.75) is 0 Å². The lowest BCUT2D eigenvalue weighted by Gasteiger charge is -1.97. The SMILES string of the molecule is O=Cc1nc(-c2cccc(F)c2)sc1-c1ccc(F)cc1. The lowest BCUT2D eigenvalue weighted by atomic mass is 10.1. The summed E-state index contributed by atoms with van der Waals surface area (Å²) in [6.07, 6.45) is 0.651. The zero-order valence-electron chi connectivity index (χ0n) is 10.7. The van der Waals surface area contributed by atoms with E-state index >= 15 is 0 Å². The van der Waals surface area contributed by atoms with Gasteiger partial charge in [0.1, 0.15) is 22.3 Å². The minimum Gasteiger partial charge on any atom is -0.296 e. The number of carbonyl (C=O) groups excluding carboxylic acids is 1. The summed E-state index contributed by atoms with van der Waals surface area (Å²) < 4.78 is 26.3. The van der Waals surface area contributed by atoms with E-state index in [-0.39, 0.29) is 17.3 Å². The van der Waals surface area contributed by atoms with Crippen molar-refractivity contribution in [1.29, 1.82) is 0 Å². The molecular weight excluding hydrogens is 292 g/mol. The maximum absolute atomic E-state index is 13.3. The van der Waals surface area contributed by atoms with Gasteiger partial charge in [-0.05, 0) is 29.8 Å². The summed E-state index contributed by atoms with van der Waals surface area (Å²) in [5, 5.41) is 0.552. The largest absolute Gasteiger partial charge is 0.296 e. The van der Waals surface area contributed by atoms with Gasteiger partial charge in [0.15, 0.2) is 6.29 Å². The van der Waals surface area contributed by atoms with Gasteiger partial charge in [-0.2, -0.15) is 0 Å². The van der Waals surface area contributed by atoms with Crippen LogP contribution in [0.2, 0.25) is 0 Å². The van der Waals surface area contributed by atoms with Gasteiger partial charge >= 0.3 is 0 Å². The van der Waals surface area contributed by atoms with Crippen LogP contribution in [-0.2, 0) is 0 Å². The van der Waals surface area contributed by atoms with Crippen molar-refractivity contribution >= 4 is 17.6 Å². The van der Waals surface area contributed by atoms with Crippen LogP contribution in [-0.4, -0.2) is 11.3 Å². The van der Waals surface area contributed by atoms with Crippen molar-refractivity contribution in [3.8, 4) is 21.0 Å². The molecule has 0 unspecified atom stereocenters. The van der Waals surface area contributed by atoms with E-state index in [1.807, 2.05) is 0 Å². The van der Waals surface area contributed by atoms with Crippen molar-refractivity contribution in [1.82, 2.24) is 4.98 Å². The molecule has 5 heteroatoms. The van der Waals surface area contributed by atoms with Crippen molar-refractivity contribution in [2.75, 3.05) is 0 Å². The average Bonchev–Trinajstić information content (AvgIpc) is 2.92. The molecule has 0 aliphatic heterocycles. The Morgan fingerprint density at radius 2 is 1.71 bits per heavy atom. The van der Waals surface area contributed by atoms with Crippen LogP contribution >= 0.6 is 11.3 Å². The molecule has 21 heavy (non-hydrogen) atoms. The van der Waals surface area contributed by atoms with Gasteiger partial charge in [0.25, 0.3) is 0 Å². The van der Waals surface area contributed by atoms with Crippen LogP contribution in [0.25, 0.3) is 21.0 Å². The van der Waals surface area contributed by atoms with Gasteiger partial charge in [-0.1, -0.05) is 24.3 Å². The molecule has 0 aliphatic carbocycles. The predicted molar refractivity (Wildman–Crippen MR) is 78.3 cm³/mol. The molecule has 0 saturated carbocycles. The number of hydrogen-bond donors (Lipinski definition) is 0. The van der Waals surface area contributed by atoms with Crippen molar-refractivity contribution < 1.29 is 13.6 Å². The standard InChI is InChI=1S/C16H9F2NOS/c17-12-6-4-10(5-7-12)15-14(9-20)19-16(21-15)11-2-1-3-13(18)8-11/h1-9H. The summed E-state index contributed by atoms with van der Waals surface area (Å²) in [5.74, 6) is -0.708. The molecule has 0 atom stereocenters. The molecular formula is C16H9F2NOS. The third kappa shape index (κ3) is 2.73. The normalized spacial score (nSPS) is 10.6. The molecule has 0 aliphatic rings. The first-order valence-electron chi connectivity index (χ1n) is 6.15. The number of hydrogen-bond acceptors (Lipinski definition) is 3. The second kappa shape index (κ2) is 5.54. The molecule has 0 N–H and O–H groups in total. The predicted octanol–water partition coefficient (Wildman–Crippen LogP) is 4.57. The number of aromatic nitrogens is 1. The molecule has 0 fully saturated rings. The number of nitrogens with zero attached hydrogens (tertiary/aromatic N) is 1.